The van der Waals surface area contributed by atoms with Crippen molar-refractivity contribution in [1.29, 1.82) is 0 Å². The molecule has 0 aliphatic rings. The zero-order chi connectivity index (χ0) is 13.1. The predicted octanol–water partition coefficient (Wildman–Crippen LogP) is 4.91. The van der Waals surface area contributed by atoms with Crippen molar-refractivity contribution in [3.63, 3.8) is 0 Å². The molecular weight excluding hydrogens is 405 g/mol. The molecule has 0 fully saturated rings. The molecule has 3 nitrogen and oxygen atoms in total. The summed E-state index contributed by atoms with van der Waals surface area (Å²) in [5, 5.41) is 0. The van der Waals surface area contributed by atoms with E-state index in [1.54, 1.807) is 13.3 Å². The predicted molar refractivity (Wildman–Crippen MR) is 79.9 cm³/mol. The Labute approximate surface area is 130 Å². The Morgan fingerprint density at radius 3 is 2.56 bits per heavy atom. The van der Waals surface area contributed by atoms with E-state index in [4.69, 9.17) is 21.1 Å². The van der Waals surface area contributed by atoms with Crippen molar-refractivity contribution in [2.24, 2.45) is 0 Å². The van der Waals surface area contributed by atoms with Crippen molar-refractivity contribution < 1.29 is 9.47 Å². The van der Waals surface area contributed by atoms with Crippen LogP contribution in [0.2, 0.25) is 4.47 Å². The molecule has 0 saturated carbocycles. The Morgan fingerprint density at radius 1 is 1.28 bits per heavy atom. The molecule has 1 aromatic carbocycles. The van der Waals surface area contributed by atoms with Crippen molar-refractivity contribution >= 4 is 54.8 Å². The van der Waals surface area contributed by atoms with Gasteiger partial charge in [0.1, 0.15) is 18.1 Å². The third-order valence-corrected chi connectivity index (χ3v) is 4.43. The summed E-state index contributed by atoms with van der Waals surface area (Å²) in [4.78, 5) is 4.93. The van der Waals surface area contributed by atoms with E-state index in [-0.39, 0.29) is 0 Å². The number of thiazole rings is 1. The second kappa shape index (κ2) is 6.23. The maximum atomic E-state index is 5.76. The lowest BCUT2D eigenvalue weighted by Gasteiger charge is -2.10. The Morgan fingerprint density at radius 2 is 1.94 bits per heavy atom. The highest BCUT2D eigenvalue weighted by molar-refractivity contribution is 9.11. The Hall–Kier alpha value is -0.300. The Balaban J connectivity index is 2.12. The van der Waals surface area contributed by atoms with Crippen LogP contribution >= 0.6 is 54.8 Å². The fourth-order valence-corrected chi connectivity index (χ4v) is 3.09. The van der Waals surface area contributed by atoms with E-state index in [0.29, 0.717) is 11.1 Å². The van der Waals surface area contributed by atoms with Crippen LogP contribution in [-0.2, 0) is 6.61 Å². The highest BCUT2D eigenvalue weighted by Gasteiger charge is 2.09. The smallest absolute Gasteiger partial charge is 0.183 e. The lowest BCUT2D eigenvalue weighted by molar-refractivity contribution is 0.306. The molecule has 0 atom stereocenters. The third kappa shape index (κ3) is 3.38. The molecule has 96 valence electrons. The van der Waals surface area contributed by atoms with Gasteiger partial charge in [0.05, 0.1) is 20.9 Å². The first kappa shape index (κ1) is 14.1. The first-order valence-corrected chi connectivity index (χ1v) is 7.64. The van der Waals surface area contributed by atoms with Crippen molar-refractivity contribution in [3.05, 3.63) is 36.6 Å². The van der Waals surface area contributed by atoms with E-state index in [2.05, 4.69) is 36.8 Å². The molecular formula is C11H8Br2ClNO2S. The largest absolute Gasteiger partial charge is 0.496 e. The number of hydrogen-bond acceptors (Lipinski definition) is 4. The Kier molecular flexibility index (Phi) is 4.89. The number of nitrogens with zero attached hydrogens (tertiary/aromatic N) is 1. The van der Waals surface area contributed by atoms with Gasteiger partial charge in [-0.3, -0.25) is 0 Å². The Bertz CT molecular complexity index is 562. The standard InChI is InChI=1S/C11H8Br2ClNO2S/c1-16-9-2-8(13)10(3-7(9)12)17-5-6-4-15-11(14)18-6/h2-4H,5H2,1H3. The van der Waals surface area contributed by atoms with Gasteiger partial charge in [-0.25, -0.2) is 4.98 Å². The second-order valence-electron chi connectivity index (χ2n) is 3.29. The fourth-order valence-electron chi connectivity index (χ4n) is 1.28. The van der Waals surface area contributed by atoms with Crippen LogP contribution in [-0.4, -0.2) is 12.1 Å². The molecule has 0 amide bonds. The lowest BCUT2D eigenvalue weighted by atomic mass is 10.3. The van der Waals surface area contributed by atoms with Gasteiger partial charge in [0.25, 0.3) is 0 Å². The first-order chi connectivity index (χ1) is 8.60. The molecule has 0 radical (unpaired) electrons. The van der Waals surface area contributed by atoms with Crippen LogP contribution in [0.1, 0.15) is 4.88 Å². The van der Waals surface area contributed by atoms with Crippen LogP contribution in [0.3, 0.4) is 0 Å². The van der Waals surface area contributed by atoms with Gasteiger partial charge in [0.2, 0.25) is 0 Å². The summed E-state index contributed by atoms with van der Waals surface area (Å²) >= 11 is 14.0. The molecule has 0 aliphatic heterocycles. The summed E-state index contributed by atoms with van der Waals surface area (Å²) in [6.45, 7) is 0.432. The van der Waals surface area contributed by atoms with Gasteiger partial charge in [-0.2, -0.15) is 0 Å². The average Bonchev–Trinajstić information content (AvgIpc) is 2.75. The SMILES string of the molecule is COc1cc(Br)c(OCc2cnc(Cl)s2)cc1Br. The van der Waals surface area contributed by atoms with E-state index in [1.165, 1.54) is 11.3 Å². The summed E-state index contributed by atoms with van der Waals surface area (Å²) in [6.07, 6.45) is 1.71. The van der Waals surface area contributed by atoms with Gasteiger partial charge < -0.3 is 9.47 Å². The molecule has 0 bridgehead atoms. The minimum Gasteiger partial charge on any atom is -0.496 e. The fraction of sp³-hybridized carbons (Fsp3) is 0.182. The quantitative estimate of drug-likeness (QED) is 0.714. The minimum absolute atomic E-state index is 0.432. The van der Waals surface area contributed by atoms with Crippen molar-refractivity contribution in [2.75, 3.05) is 7.11 Å². The maximum Gasteiger partial charge on any atom is 0.183 e. The van der Waals surface area contributed by atoms with Crippen LogP contribution in [0.15, 0.2) is 27.3 Å². The molecule has 0 spiro atoms. The summed E-state index contributed by atoms with van der Waals surface area (Å²) in [6, 6.07) is 3.70. The van der Waals surface area contributed by atoms with Crippen LogP contribution in [0.5, 0.6) is 11.5 Å². The van der Waals surface area contributed by atoms with E-state index in [9.17, 15) is 0 Å². The van der Waals surface area contributed by atoms with Gasteiger partial charge in [0.15, 0.2) is 4.47 Å². The van der Waals surface area contributed by atoms with Gasteiger partial charge in [-0.15, -0.1) is 11.3 Å². The van der Waals surface area contributed by atoms with Gasteiger partial charge in [0, 0.05) is 6.20 Å². The van der Waals surface area contributed by atoms with Crippen molar-refractivity contribution in [2.45, 2.75) is 6.61 Å². The first-order valence-electron chi connectivity index (χ1n) is 4.86. The van der Waals surface area contributed by atoms with E-state index in [1.807, 2.05) is 12.1 Å². The zero-order valence-electron chi connectivity index (χ0n) is 9.25. The van der Waals surface area contributed by atoms with Crippen molar-refractivity contribution in [3.8, 4) is 11.5 Å². The van der Waals surface area contributed by atoms with E-state index in [0.717, 1.165) is 25.3 Å². The van der Waals surface area contributed by atoms with Crippen LogP contribution in [0.25, 0.3) is 0 Å². The van der Waals surface area contributed by atoms with E-state index >= 15 is 0 Å². The topological polar surface area (TPSA) is 31.4 Å². The monoisotopic (exact) mass is 411 g/mol. The molecule has 1 heterocycles. The van der Waals surface area contributed by atoms with E-state index < -0.39 is 0 Å². The van der Waals surface area contributed by atoms with Crippen LogP contribution < -0.4 is 9.47 Å². The molecule has 0 N–H and O–H groups in total. The number of aromatic nitrogens is 1. The summed E-state index contributed by atoms with van der Waals surface area (Å²) in [5.41, 5.74) is 0. The van der Waals surface area contributed by atoms with Crippen LogP contribution in [0.4, 0.5) is 0 Å². The number of benzene rings is 1. The molecule has 18 heavy (non-hydrogen) atoms. The molecule has 0 unspecified atom stereocenters. The molecule has 7 heteroatoms. The minimum atomic E-state index is 0.432. The maximum absolute atomic E-state index is 5.76. The van der Waals surface area contributed by atoms with Gasteiger partial charge in [-0.1, -0.05) is 11.6 Å². The van der Waals surface area contributed by atoms with Crippen LogP contribution in [0, 0.1) is 0 Å². The summed E-state index contributed by atoms with van der Waals surface area (Å²) in [7, 11) is 1.62. The molecule has 2 rings (SSSR count). The third-order valence-electron chi connectivity index (χ3n) is 2.10. The average molecular weight is 414 g/mol. The number of hydrogen-bond donors (Lipinski definition) is 0. The van der Waals surface area contributed by atoms with Gasteiger partial charge in [-0.05, 0) is 44.0 Å². The molecule has 1 aromatic heterocycles. The number of methoxy groups -OCH3 is 1. The normalized spacial score (nSPS) is 10.4. The molecule has 0 saturated heterocycles. The zero-order valence-corrected chi connectivity index (χ0v) is 14.0. The summed E-state index contributed by atoms with van der Waals surface area (Å²) in [5.74, 6) is 1.47. The number of halogens is 3. The molecule has 2 aromatic rings. The van der Waals surface area contributed by atoms with Crippen molar-refractivity contribution in [1.82, 2.24) is 4.98 Å². The highest BCUT2D eigenvalue weighted by Crippen LogP contribution is 2.36. The summed E-state index contributed by atoms with van der Waals surface area (Å²) < 4.78 is 13.1. The number of ether oxygens (including phenoxy) is 2. The lowest BCUT2D eigenvalue weighted by Crippen LogP contribution is -1.95. The molecule has 0 aliphatic carbocycles. The second-order valence-corrected chi connectivity index (χ2v) is 6.69. The van der Waals surface area contributed by atoms with Gasteiger partial charge >= 0.3 is 0 Å². The number of rotatable bonds is 4. The highest BCUT2D eigenvalue weighted by atomic mass is 79.9.